The molecule has 14 nitrogen and oxygen atoms in total. The number of hydrogen-bond acceptors (Lipinski definition) is 9. The smallest absolute Gasteiger partial charge is 0.324 e. The highest BCUT2D eigenvalue weighted by Crippen LogP contribution is 2.57. The fourth-order valence-corrected chi connectivity index (χ4v) is 11.8. The van der Waals surface area contributed by atoms with Crippen LogP contribution in [-0.4, -0.2) is 116 Å². The zero-order valence-corrected chi connectivity index (χ0v) is 41.5. The summed E-state index contributed by atoms with van der Waals surface area (Å²) in [5.41, 5.74) is 7.80. The average Bonchev–Trinajstić information content (AvgIpc) is 3.65. The number of likely N-dealkylation sites (tertiary alicyclic amines) is 1. The van der Waals surface area contributed by atoms with Crippen LogP contribution in [0.3, 0.4) is 0 Å². The van der Waals surface area contributed by atoms with Crippen molar-refractivity contribution in [2.24, 2.45) is 11.3 Å². The van der Waals surface area contributed by atoms with Gasteiger partial charge in [0.05, 0.1) is 18.0 Å². The molecule has 356 valence electrons. The average molecular weight is 1030 g/mol. The first kappa shape index (κ1) is 48.3. The molecule has 5 heterocycles. The highest BCUT2D eigenvalue weighted by atomic mass is 127. The maximum Gasteiger partial charge on any atom is 0.324 e. The first-order valence-electron chi connectivity index (χ1n) is 23.2. The highest BCUT2D eigenvalue weighted by Gasteiger charge is 2.51. The summed E-state index contributed by atoms with van der Waals surface area (Å²) in [7, 11) is 3.11. The number of esters is 1. The molecule has 1 aliphatic carbocycles. The Morgan fingerprint density at radius 1 is 1.09 bits per heavy atom. The Morgan fingerprint density at radius 2 is 1.82 bits per heavy atom. The Labute approximate surface area is 405 Å². The van der Waals surface area contributed by atoms with Crippen LogP contribution in [0.1, 0.15) is 89.1 Å². The van der Waals surface area contributed by atoms with Gasteiger partial charge in [0.25, 0.3) is 11.8 Å². The molecule has 2 N–H and O–H groups in total. The molecule has 4 aliphatic rings. The molecule has 6 bridgehead atoms. The van der Waals surface area contributed by atoms with Gasteiger partial charge < -0.3 is 29.2 Å². The number of alkyl halides is 2. The Kier molecular flexibility index (Phi) is 13.5. The van der Waals surface area contributed by atoms with E-state index in [0.717, 1.165) is 61.1 Å². The van der Waals surface area contributed by atoms with E-state index in [4.69, 9.17) is 14.5 Å². The molecule has 2 aromatic carbocycles. The second kappa shape index (κ2) is 18.7. The van der Waals surface area contributed by atoms with E-state index >= 15 is 9.18 Å². The molecule has 2 aromatic heterocycles. The van der Waals surface area contributed by atoms with Gasteiger partial charge >= 0.3 is 5.97 Å². The van der Waals surface area contributed by atoms with Crippen molar-refractivity contribution in [3.05, 3.63) is 90.3 Å². The summed E-state index contributed by atoms with van der Waals surface area (Å²) in [6.45, 7) is 14.4. The number of carbonyl (C=O) groups excluding carboxylic acids is 5. The van der Waals surface area contributed by atoms with Crippen LogP contribution in [0, 0.1) is 11.3 Å². The molecule has 3 aliphatic heterocycles. The number of nitrogens with zero attached hydrogens (tertiary/aromatic N) is 5. The second-order valence-electron chi connectivity index (χ2n) is 19.5. The third-order valence-electron chi connectivity index (χ3n) is 14.2. The minimum Gasteiger partial charge on any atom is -0.464 e. The van der Waals surface area contributed by atoms with Crippen molar-refractivity contribution < 1.29 is 37.8 Å². The predicted octanol–water partition coefficient (Wildman–Crippen LogP) is 7.04. The van der Waals surface area contributed by atoms with Crippen molar-refractivity contribution in [3.63, 3.8) is 0 Å². The van der Waals surface area contributed by atoms with Gasteiger partial charge in [-0.1, -0.05) is 64.6 Å². The maximum atomic E-state index is 16.5. The van der Waals surface area contributed by atoms with Gasteiger partial charge in [-0.2, -0.15) is 0 Å². The van der Waals surface area contributed by atoms with Crippen molar-refractivity contribution in [2.45, 2.75) is 107 Å². The Balaban J connectivity index is 1.20. The number of amides is 4. The maximum absolute atomic E-state index is 16.5. The van der Waals surface area contributed by atoms with Crippen molar-refractivity contribution in [1.82, 2.24) is 35.1 Å². The fourth-order valence-electron chi connectivity index (χ4n) is 10.8. The van der Waals surface area contributed by atoms with E-state index < -0.39 is 62.4 Å². The number of carbonyl (C=O) groups is 5. The lowest BCUT2D eigenvalue weighted by Gasteiger charge is -2.43. The Morgan fingerprint density at radius 3 is 2.51 bits per heavy atom. The van der Waals surface area contributed by atoms with Crippen LogP contribution in [0.4, 0.5) is 4.39 Å². The van der Waals surface area contributed by atoms with Crippen LogP contribution in [0.25, 0.3) is 33.3 Å². The minimum absolute atomic E-state index is 0.0291. The second-order valence-corrected chi connectivity index (χ2v) is 21.3. The molecule has 2 unspecified atom stereocenters. The number of nitrogens with one attached hydrogen (secondary N) is 2. The van der Waals surface area contributed by atoms with Crippen LogP contribution >= 0.6 is 22.6 Å². The standard InChI is InChI=1S/C51H61FIN7O7/c1-9-38(61)58-24-20-50(52,21-25-58)47(64)57(7)42(30(3)4)45(62)55-51(53)28-31-14-11-15-32(26-31)33-18-19-37-35(27-33)39-40(44(66-8)41-34(16-12-22-54-41)43(39)59(37)10-2)49(5,6)29-67-46(63)36-17-13-23-60(56-36)48(51)65/h9,11-12,14-16,18-19,22,26-27,30,36,40,42,44,56H,1,10,13,17,20-21,23-25,28-29H2,2-8H3,(H,55,62)/t36-,40?,42-,44-,51?/m0/s1. The molecule has 67 heavy (non-hydrogen) atoms. The highest BCUT2D eigenvalue weighted by molar-refractivity contribution is 14.1. The van der Waals surface area contributed by atoms with Gasteiger partial charge in [-0.3, -0.25) is 34.0 Å². The molecular weight excluding hydrogens is 969 g/mol. The monoisotopic (exact) mass is 1030 g/mol. The van der Waals surface area contributed by atoms with Gasteiger partial charge in [0, 0.05) is 93.6 Å². The molecule has 4 aromatic rings. The Bertz CT molecular complexity index is 2620. The van der Waals surface area contributed by atoms with Gasteiger partial charge in [0.2, 0.25) is 11.8 Å². The molecule has 2 saturated heterocycles. The number of piperidine rings is 1. The number of cyclic esters (lactones) is 1. The molecule has 8 rings (SSSR count). The summed E-state index contributed by atoms with van der Waals surface area (Å²) < 4.78 is 29.8. The minimum atomic E-state index is -2.30. The van der Waals surface area contributed by atoms with Gasteiger partial charge in [-0.25, -0.2) is 9.82 Å². The lowest BCUT2D eigenvalue weighted by atomic mass is 9.67. The molecular formula is C51H61FIN7O7. The van der Waals surface area contributed by atoms with Crippen LogP contribution in [0.2, 0.25) is 0 Å². The predicted molar refractivity (Wildman–Crippen MR) is 261 cm³/mol. The Hall–Kier alpha value is -5.20. The van der Waals surface area contributed by atoms with E-state index in [2.05, 4.69) is 66.9 Å². The molecule has 16 heteroatoms. The number of aryl methyl sites for hydroxylation is 1. The number of ether oxygens (including phenoxy) is 2. The van der Waals surface area contributed by atoms with Crippen molar-refractivity contribution >= 4 is 63.1 Å². The van der Waals surface area contributed by atoms with Crippen LogP contribution in [0.15, 0.2) is 73.4 Å². The third kappa shape index (κ3) is 8.77. The van der Waals surface area contributed by atoms with Gasteiger partial charge in [0.1, 0.15) is 18.2 Å². The largest absolute Gasteiger partial charge is 0.464 e. The molecule has 2 fully saturated rings. The van der Waals surface area contributed by atoms with Gasteiger partial charge in [0.15, 0.2) is 9.21 Å². The number of likely N-dealkylation sites (N-methyl/N-ethyl adjacent to an activating group) is 1. The van der Waals surface area contributed by atoms with Gasteiger partial charge in [-0.05, 0) is 101 Å². The lowest BCUT2D eigenvalue weighted by molar-refractivity contribution is -0.157. The zero-order valence-electron chi connectivity index (χ0n) is 39.4. The quantitative estimate of drug-likeness (QED) is 0.0622. The first-order valence-corrected chi connectivity index (χ1v) is 24.3. The number of benzene rings is 2. The summed E-state index contributed by atoms with van der Waals surface area (Å²) in [5, 5.41) is 5.46. The molecule has 4 amide bonds. The number of pyridine rings is 1. The molecule has 0 saturated carbocycles. The van der Waals surface area contributed by atoms with Crippen molar-refractivity contribution in [1.29, 1.82) is 0 Å². The van der Waals surface area contributed by atoms with E-state index in [1.54, 1.807) is 27.2 Å². The number of rotatable bonds is 8. The summed E-state index contributed by atoms with van der Waals surface area (Å²) in [5.74, 6) is -3.61. The van der Waals surface area contributed by atoms with E-state index in [1.165, 1.54) is 17.0 Å². The van der Waals surface area contributed by atoms with Crippen LogP contribution < -0.4 is 10.7 Å². The van der Waals surface area contributed by atoms with E-state index in [1.807, 2.05) is 52.9 Å². The topological polar surface area (TPSA) is 155 Å². The van der Waals surface area contributed by atoms with E-state index in [-0.39, 0.29) is 57.3 Å². The summed E-state index contributed by atoms with van der Waals surface area (Å²) in [4.78, 5) is 77.6. The molecule has 5 atom stereocenters. The molecule has 0 radical (unpaired) electrons. The number of aromatic nitrogens is 2. The van der Waals surface area contributed by atoms with E-state index in [9.17, 15) is 19.2 Å². The summed E-state index contributed by atoms with van der Waals surface area (Å²) >= 11 is 1.98. The fraction of sp³-hybridized carbons (Fsp3) is 0.490. The molecule has 0 spiro atoms. The number of methoxy groups -OCH3 is 1. The number of hydrogen-bond donors (Lipinski definition) is 2. The first-order chi connectivity index (χ1) is 31.9. The van der Waals surface area contributed by atoms with Gasteiger partial charge in [-0.15, -0.1) is 0 Å². The summed E-state index contributed by atoms with van der Waals surface area (Å²) in [6, 6.07) is 16.3. The lowest BCUT2D eigenvalue weighted by Crippen LogP contribution is -2.66. The summed E-state index contributed by atoms with van der Waals surface area (Å²) in [6.07, 6.45) is 2.97. The van der Waals surface area contributed by atoms with Crippen LogP contribution in [0.5, 0.6) is 0 Å². The number of halogens is 2. The SMILES string of the molecule is C=CC(=O)N1CCC(F)(C(=O)N(C)[C@H](C(=O)NC2(I)Cc3cccc(c3)-c3ccc4c(c3)c3c(n4CC)-c4cccnc4[C@@H](OC)C3C(C)(C)COC(=O)[C@@H]3CCCN(N3)C2=O)C(C)C)CC1. The van der Waals surface area contributed by atoms with Crippen molar-refractivity contribution in [2.75, 3.05) is 40.4 Å². The zero-order chi connectivity index (χ0) is 48.2. The number of fused-ring (bicyclic) bond motifs is 8. The third-order valence-corrected chi connectivity index (χ3v) is 15.3. The van der Waals surface area contributed by atoms with Crippen LogP contribution in [-0.2, 0) is 46.4 Å². The normalized spacial score (nSPS) is 24.0. The number of hydrazine groups is 1. The van der Waals surface area contributed by atoms with E-state index in [0.29, 0.717) is 19.4 Å². The van der Waals surface area contributed by atoms with Crippen molar-refractivity contribution in [3.8, 4) is 22.4 Å².